The van der Waals surface area contributed by atoms with Crippen molar-refractivity contribution in [2.45, 2.75) is 85.1 Å². The first-order valence-corrected chi connectivity index (χ1v) is 11.2. The molecule has 0 bridgehead atoms. The van der Waals surface area contributed by atoms with E-state index in [1.54, 1.807) is 18.0 Å². The molecule has 30 heavy (non-hydrogen) atoms. The van der Waals surface area contributed by atoms with E-state index < -0.39 is 0 Å². The predicted octanol–water partition coefficient (Wildman–Crippen LogP) is 4.20. The largest absolute Gasteiger partial charge is 0.494 e. The van der Waals surface area contributed by atoms with Gasteiger partial charge >= 0.3 is 5.97 Å². The van der Waals surface area contributed by atoms with E-state index in [9.17, 15) is 19.8 Å². The molecule has 0 fully saturated rings. The van der Waals surface area contributed by atoms with Crippen molar-refractivity contribution in [1.82, 2.24) is 9.47 Å². The van der Waals surface area contributed by atoms with E-state index in [1.165, 1.54) is 4.57 Å². The zero-order chi connectivity index (χ0) is 22.9. The summed E-state index contributed by atoms with van der Waals surface area (Å²) in [6.45, 7) is 10.8. The second-order valence-corrected chi connectivity index (χ2v) is 8.37. The normalized spacial score (nSPS) is 11.7. The minimum absolute atomic E-state index is 0.0127. The van der Waals surface area contributed by atoms with E-state index in [0.717, 1.165) is 31.2 Å². The molecule has 0 spiro atoms. The number of hydrogen-bond acceptors (Lipinski definition) is 5. The first kappa shape index (κ1) is 25.9. The summed E-state index contributed by atoms with van der Waals surface area (Å²) in [5.74, 6) is -0.319. The van der Waals surface area contributed by atoms with Gasteiger partial charge in [-0.15, -0.1) is 0 Å². The van der Waals surface area contributed by atoms with Crippen LogP contribution in [-0.2, 0) is 26.3 Å². The Morgan fingerprint density at radius 1 is 1.20 bits per heavy atom. The van der Waals surface area contributed by atoms with E-state index >= 15 is 0 Å². The fourth-order valence-electron chi connectivity index (χ4n) is 4.03. The van der Waals surface area contributed by atoms with E-state index in [4.69, 9.17) is 4.74 Å². The summed E-state index contributed by atoms with van der Waals surface area (Å²) in [5.41, 5.74) is 0.632. The van der Waals surface area contributed by atoms with Crippen molar-refractivity contribution in [3.05, 3.63) is 11.6 Å². The summed E-state index contributed by atoms with van der Waals surface area (Å²) in [5, 5.41) is 21.1. The van der Waals surface area contributed by atoms with Gasteiger partial charge in [0.15, 0.2) is 11.8 Å². The number of ether oxygens (including phenoxy) is 1. The maximum absolute atomic E-state index is 12.0. The van der Waals surface area contributed by atoms with Gasteiger partial charge in [0.25, 0.3) is 0 Å². The smallest absolute Gasteiger partial charge is 0.305 e. The molecule has 0 unspecified atom stereocenters. The Labute approximate surface area is 181 Å². The summed E-state index contributed by atoms with van der Waals surface area (Å²) in [6.07, 6.45) is 4.32. The van der Waals surface area contributed by atoms with Gasteiger partial charge in [-0.1, -0.05) is 41.0 Å². The number of rotatable bonds is 13. The number of likely N-dealkylation sites (N-methyl/N-ethyl adjacent to an activating group) is 1. The van der Waals surface area contributed by atoms with Crippen LogP contribution in [0.15, 0.2) is 6.07 Å². The van der Waals surface area contributed by atoms with Crippen molar-refractivity contribution in [2.24, 2.45) is 5.92 Å². The minimum atomic E-state index is -0.353. The van der Waals surface area contributed by atoms with Crippen LogP contribution in [0, 0.1) is 5.92 Å². The van der Waals surface area contributed by atoms with Gasteiger partial charge in [-0.25, -0.2) is 0 Å². The van der Waals surface area contributed by atoms with E-state index in [-0.39, 0.29) is 48.0 Å². The van der Waals surface area contributed by atoms with Crippen molar-refractivity contribution in [2.75, 3.05) is 20.2 Å². The maximum Gasteiger partial charge on any atom is 0.305 e. The average molecular weight is 425 g/mol. The number of esters is 1. The Morgan fingerprint density at radius 2 is 1.83 bits per heavy atom. The van der Waals surface area contributed by atoms with Gasteiger partial charge in [-0.3, -0.25) is 14.2 Å². The van der Waals surface area contributed by atoms with Gasteiger partial charge in [0.2, 0.25) is 5.91 Å². The monoisotopic (exact) mass is 424 g/mol. The molecule has 0 aliphatic rings. The third-order valence-corrected chi connectivity index (χ3v) is 6.02. The second kappa shape index (κ2) is 11.9. The lowest BCUT2D eigenvalue weighted by Crippen LogP contribution is -2.33. The van der Waals surface area contributed by atoms with Crippen molar-refractivity contribution < 1.29 is 24.5 Å². The third-order valence-electron chi connectivity index (χ3n) is 6.02. The molecule has 7 heteroatoms. The fourth-order valence-corrected chi connectivity index (χ4v) is 4.03. The molecule has 0 atom stereocenters. The molecule has 1 aromatic heterocycles. The lowest BCUT2D eigenvalue weighted by Gasteiger charge is -2.31. The zero-order valence-corrected chi connectivity index (χ0v) is 19.5. The van der Waals surface area contributed by atoms with Crippen LogP contribution in [0.5, 0.6) is 11.8 Å². The van der Waals surface area contributed by atoms with Crippen molar-refractivity contribution in [1.29, 1.82) is 0 Å². The summed E-state index contributed by atoms with van der Waals surface area (Å²) in [4.78, 5) is 25.3. The average Bonchev–Trinajstić information content (AvgIpc) is 3.00. The van der Waals surface area contributed by atoms with Gasteiger partial charge in [0.1, 0.15) is 6.61 Å². The first-order valence-electron chi connectivity index (χ1n) is 11.2. The SMILES string of the molecule is CCCC(CC)(CC)c1cc(O)n(CCCC(=O)OCCN(C)C(=O)C(C)C)c1O. The van der Waals surface area contributed by atoms with Crippen molar-refractivity contribution >= 4 is 11.9 Å². The molecular weight excluding hydrogens is 384 g/mol. The quantitative estimate of drug-likeness (QED) is 0.463. The Bertz CT molecular complexity index is 692. The minimum Gasteiger partial charge on any atom is -0.494 e. The third kappa shape index (κ3) is 6.41. The molecule has 7 nitrogen and oxygen atoms in total. The molecule has 1 aromatic rings. The van der Waals surface area contributed by atoms with Crippen molar-refractivity contribution in [3.8, 4) is 11.8 Å². The Morgan fingerprint density at radius 3 is 2.37 bits per heavy atom. The lowest BCUT2D eigenvalue weighted by atomic mass is 9.73. The van der Waals surface area contributed by atoms with Gasteiger partial charge < -0.3 is 19.8 Å². The van der Waals surface area contributed by atoms with Gasteiger partial charge in [-0.2, -0.15) is 0 Å². The van der Waals surface area contributed by atoms with E-state index in [2.05, 4.69) is 20.8 Å². The van der Waals surface area contributed by atoms with Crippen LogP contribution in [0.1, 0.15) is 78.7 Å². The molecular formula is C23H40N2O5. The summed E-state index contributed by atoms with van der Waals surface area (Å²) >= 11 is 0. The number of nitrogens with zero attached hydrogens (tertiary/aromatic N) is 2. The Hall–Kier alpha value is -2.18. The Kier molecular flexibility index (Phi) is 10.2. The van der Waals surface area contributed by atoms with Crippen LogP contribution in [0.2, 0.25) is 0 Å². The van der Waals surface area contributed by atoms with Crippen LogP contribution in [0.25, 0.3) is 0 Å². The molecule has 1 rings (SSSR count). The Balaban J connectivity index is 2.60. The fraction of sp³-hybridized carbons (Fsp3) is 0.739. The molecule has 1 heterocycles. The van der Waals surface area contributed by atoms with Crippen LogP contribution in [0.4, 0.5) is 0 Å². The van der Waals surface area contributed by atoms with Gasteiger partial charge in [0, 0.05) is 43.0 Å². The lowest BCUT2D eigenvalue weighted by molar-refractivity contribution is -0.146. The molecule has 172 valence electrons. The van der Waals surface area contributed by atoms with Crippen LogP contribution in [-0.4, -0.2) is 51.8 Å². The highest BCUT2D eigenvalue weighted by atomic mass is 16.5. The molecule has 0 radical (unpaired) electrons. The summed E-state index contributed by atoms with van der Waals surface area (Å²) in [7, 11) is 1.69. The van der Waals surface area contributed by atoms with Gasteiger partial charge in [-0.05, 0) is 25.7 Å². The van der Waals surface area contributed by atoms with Crippen LogP contribution in [0.3, 0.4) is 0 Å². The van der Waals surface area contributed by atoms with Crippen molar-refractivity contribution in [3.63, 3.8) is 0 Å². The van der Waals surface area contributed by atoms with E-state index in [1.807, 2.05) is 13.8 Å². The standard InChI is InChI=1S/C23H40N2O5/c1-7-12-23(8-2,9-3)18-16-19(26)25(22(18)29)13-10-11-20(27)30-15-14-24(6)21(28)17(4)5/h16-17,26,29H,7-15H2,1-6H3. The van der Waals surface area contributed by atoms with E-state index in [0.29, 0.717) is 19.5 Å². The second-order valence-electron chi connectivity index (χ2n) is 8.37. The molecule has 0 saturated heterocycles. The number of amides is 1. The number of aromatic hydroxyl groups is 2. The predicted molar refractivity (Wildman–Crippen MR) is 118 cm³/mol. The molecule has 0 aromatic carbocycles. The van der Waals surface area contributed by atoms with Crippen LogP contribution >= 0.6 is 0 Å². The number of carbonyl (C=O) groups is 2. The molecule has 2 N–H and O–H groups in total. The van der Waals surface area contributed by atoms with Crippen LogP contribution < -0.4 is 0 Å². The highest BCUT2D eigenvalue weighted by molar-refractivity contribution is 5.77. The number of carbonyl (C=O) groups excluding carboxylic acids is 2. The summed E-state index contributed by atoms with van der Waals surface area (Å²) in [6, 6.07) is 1.66. The molecule has 0 aliphatic carbocycles. The first-order chi connectivity index (χ1) is 14.1. The van der Waals surface area contributed by atoms with Gasteiger partial charge in [0.05, 0.1) is 6.54 Å². The summed E-state index contributed by atoms with van der Waals surface area (Å²) < 4.78 is 6.67. The molecule has 1 amide bonds. The molecule has 0 aliphatic heterocycles. The topological polar surface area (TPSA) is 92.0 Å². The highest BCUT2D eigenvalue weighted by Gasteiger charge is 2.33. The number of hydrogen-bond donors (Lipinski definition) is 2. The number of aromatic nitrogens is 1. The zero-order valence-electron chi connectivity index (χ0n) is 19.5. The highest BCUT2D eigenvalue weighted by Crippen LogP contribution is 2.44. The maximum atomic E-state index is 12.0. The molecule has 0 saturated carbocycles.